The maximum atomic E-state index is 10.5. The molecule has 0 spiro atoms. The van der Waals surface area contributed by atoms with Crippen molar-refractivity contribution in [3.05, 3.63) is 35.4 Å². The largest absolute Gasteiger partial charge is 0.396 e. The van der Waals surface area contributed by atoms with Gasteiger partial charge in [0.15, 0.2) is 0 Å². The highest BCUT2D eigenvalue weighted by Crippen LogP contribution is 2.24. The average molecular weight is 291 g/mol. The number of likely N-dealkylation sites (tertiary alicyclic amines) is 1. The zero-order valence-electron chi connectivity index (χ0n) is 13.3. The normalized spacial score (nSPS) is 21.7. The third kappa shape index (κ3) is 4.53. The second kappa shape index (κ2) is 7.92. The second-order valence-electron chi connectivity index (χ2n) is 6.49. The van der Waals surface area contributed by atoms with Gasteiger partial charge in [-0.25, -0.2) is 0 Å². The number of benzene rings is 1. The second-order valence-corrected chi connectivity index (χ2v) is 6.49. The Labute approximate surface area is 128 Å². The molecule has 0 saturated carbocycles. The van der Waals surface area contributed by atoms with E-state index < -0.39 is 6.10 Å². The van der Waals surface area contributed by atoms with E-state index in [0.29, 0.717) is 18.5 Å². The van der Waals surface area contributed by atoms with Crippen molar-refractivity contribution in [2.75, 3.05) is 19.7 Å². The zero-order chi connectivity index (χ0) is 15.2. The quantitative estimate of drug-likeness (QED) is 0.846. The maximum absolute atomic E-state index is 10.5. The minimum atomic E-state index is -0.439. The van der Waals surface area contributed by atoms with Crippen molar-refractivity contribution >= 4 is 0 Å². The van der Waals surface area contributed by atoms with Gasteiger partial charge in [-0.1, -0.05) is 44.5 Å². The average Bonchev–Trinajstić information content (AvgIpc) is 2.49. The molecule has 2 N–H and O–H groups in total. The Balaban J connectivity index is 1.97. The standard InChI is InChI=1S/C18H29NO2/c1-14(2)15-6-8-16(9-7-15)18(21)13-19-11-4-3-5-17(19)10-12-20/h6-9,14,17-18,20-21H,3-5,10-13H2,1-2H3. The summed E-state index contributed by atoms with van der Waals surface area (Å²) in [7, 11) is 0. The van der Waals surface area contributed by atoms with E-state index in [-0.39, 0.29) is 6.61 Å². The van der Waals surface area contributed by atoms with Gasteiger partial charge in [-0.3, -0.25) is 4.90 Å². The Bertz CT molecular complexity index is 414. The first-order chi connectivity index (χ1) is 10.1. The highest BCUT2D eigenvalue weighted by molar-refractivity contribution is 5.26. The molecular weight excluding hydrogens is 262 g/mol. The van der Waals surface area contributed by atoms with E-state index >= 15 is 0 Å². The van der Waals surface area contributed by atoms with Crippen molar-refractivity contribution in [2.24, 2.45) is 0 Å². The van der Waals surface area contributed by atoms with E-state index in [2.05, 4.69) is 30.9 Å². The fourth-order valence-electron chi connectivity index (χ4n) is 3.21. The number of rotatable bonds is 6. The van der Waals surface area contributed by atoms with Gasteiger partial charge in [0.05, 0.1) is 6.10 Å². The molecule has 0 aliphatic carbocycles. The molecule has 0 bridgehead atoms. The van der Waals surface area contributed by atoms with Crippen molar-refractivity contribution in [3.8, 4) is 0 Å². The molecule has 1 aromatic rings. The molecule has 2 atom stereocenters. The molecule has 21 heavy (non-hydrogen) atoms. The topological polar surface area (TPSA) is 43.7 Å². The Hall–Kier alpha value is -0.900. The highest BCUT2D eigenvalue weighted by Gasteiger charge is 2.24. The first-order valence-corrected chi connectivity index (χ1v) is 8.24. The van der Waals surface area contributed by atoms with Crippen LogP contribution in [-0.4, -0.2) is 40.9 Å². The van der Waals surface area contributed by atoms with Crippen LogP contribution >= 0.6 is 0 Å². The van der Waals surface area contributed by atoms with Crippen LogP contribution in [0.25, 0.3) is 0 Å². The molecule has 1 fully saturated rings. The van der Waals surface area contributed by atoms with Crippen LogP contribution < -0.4 is 0 Å². The first-order valence-electron chi connectivity index (χ1n) is 8.24. The molecule has 2 rings (SSSR count). The van der Waals surface area contributed by atoms with Gasteiger partial charge >= 0.3 is 0 Å². The lowest BCUT2D eigenvalue weighted by molar-refractivity contribution is 0.0565. The smallest absolute Gasteiger partial charge is 0.0917 e. The fourth-order valence-corrected chi connectivity index (χ4v) is 3.21. The van der Waals surface area contributed by atoms with Gasteiger partial charge in [0, 0.05) is 19.2 Å². The molecule has 3 heteroatoms. The predicted molar refractivity (Wildman–Crippen MR) is 86.4 cm³/mol. The predicted octanol–water partition coefficient (Wildman–Crippen LogP) is 3.08. The number of aliphatic hydroxyl groups excluding tert-OH is 2. The van der Waals surface area contributed by atoms with E-state index in [1.165, 1.54) is 18.4 Å². The van der Waals surface area contributed by atoms with Gasteiger partial charge in [-0.2, -0.15) is 0 Å². The number of nitrogens with zero attached hydrogens (tertiary/aromatic N) is 1. The summed E-state index contributed by atoms with van der Waals surface area (Å²) in [6.45, 7) is 6.30. The van der Waals surface area contributed by atoms with Crippen molar-refractivity contribution in [1.82, 2.24) is 4.90 Å². The molecule has 1 aliphatic rings. The highest BCUT2D eigenvalue weighted by atomic mass is 16.3. The number of piperidine rings is 1. The fraction of sp³-hybridized carbons (Fsp3) is 0.667. The van der Waals surface area contributed by atoms with E-state index in [9.17, 15) is 10.2 Å². The molecule has 2 unspecified atom stereocenters. The number of aliphatic hydroxyl groups is 2. The molecule has 1 aliphatic heterocycles. The number of hydrogen-bond acceptors (Lipinski definition) is 3. The monoisotopic (exact) mass is 291 g/mol. The summed E-state index contributed by atoms with van der Waals surface area (Å²) in [5, 5.41) is 19.7. The van der Waals surface area contributed by atoms with Gasteiger partial charge in [-0.05, 0) is 42.9 Å². The van der Waals surface area contributed by atoms with E-state index in [1.807, 2.05) is 12.1 Å². The lowest BCUT2D eigenvalue weighted by atomic mass is 9.97. The SMILES string of the molecule is CC(C)c1ccc(C(O)CN2CCCCC2CCO)cc1. The first kappa shape index (κ1) is 16.5. The summed E-state index contributed by atoms with van der Waals surface area (Å²) >= 11 is 0. The van der Waals surface area contributed by atoms with Crippen LogP contribution in [-0.2, 0) is 0 Å². The van der Waals surface area contributed by atoms with Crippen molar-refractivity contribution in [3.63, 3.8) is 0 Å². The third-order valence-corrected chi connectivity index (χ3v) is 4.61. The number of β-amino-alcohol motifs (C(OH)–C–C–N with tert-alkyl or cyclic N) is 1. The molecule has 1 saturated heterocycles. The molecular formula is C18H29NO2. The molecule has 0 amide bonds. The van der Waals surface area contributed by atoms with Crippen molar-refractivity contribution in [2.45, 2.75) is 57.6 Å². The third-order valence-electron chi connectivity index (χ3n) is 4.61. The van der Waals surface area contributed by atoms with Crippen LogP contribution in [0.1, 0.15) is 62.7 Å². The minimum absolute atomic E-state index is 0.236. The molecule has 118 valence electrons. The van der Waals surface area contributed by atoms with Crippen LogP contribution in [0.3, 0.4) is 0 Å². The van der Waals surface area contributed by atoms with E-state index in [4.69, 9.17) is 0 Å². The van der Waals surface area contributed by atoms with Crippen molar-refractivity contribution in [1.29, 1.82) is 0 Å². The Morgan fingerprint density at radius 1 is 1.14 bits per heavy atom. The van der Waals surface area contributed by atoms with E-state index in [1.54, 1.807) is 0 Å². The van der Waals surface area contributed by atoms with Gasteiger partial charge in [0.25, 0.3) is 0 Å². The van der Waals surface area contributed by atoms with Crippen LogP contribution in [0.15, 0.2) is 24.3 Å². The summed E-state index contributed by atoms with van der Waals surface area (Å²) < 4.78 is 0. The summed E-state index contributed by atoms with van der Waals surface area (Å²) in [6, 6.07) is 8.75. The Kier molecular flexibility index (Phi) is 6.22. The Morgan fingerprint density at radius 2 is 1.81 bits per heavy atom. The summed E-state index contributed by atoms with van der Waals surface area (Å²) in [5.74, 6) is 0.521. The number of hydrogen-bond donors (Lipinski definition) is 2. The van der Waals surface area contributed by atoms with E-state index in [0.717, 1.165) is 24.9 Å². The molecule has 1 heterocycles. The van der Waals surface area contributed by atoms with Gasteiger partial charge in [-0.15, -0.1) is 0 Å². The van der Waals surface area contributed by atoms with Crippen LogP contribution in [0, 0.1) is 0 Å². The van der Waals surface area contributed by atoms with Crippen molar-refractivity contribution < 1.29 is 10.2 Å². The molecule has 1 aromatic carbocycles. The summed E-state index contributed by atoms with van der Waals surface area (Å²) in [5.41, 5.74) is 2.30. The zero-order valence-corrected chi connectivity index (χ0v) is 13.3. The van der Waals surface area contributed by atoms with Gasteiger partial charge in [0.1, 0.15) is 0 Å². The Morgan fingerprint density at radius 3 is 2.43 bits per heavy atom. The lowest BCUT2D eigenvalue weighted by Gasteiger charge is -2.36. The minimum Gasteiger partial charge on any atom is -0.396 e. The maximum Gasteiger partial charge on any atom is 0.0917 e. The van der Waals surface area contributed by atoms with Crippen LogP contribution in [0.2, 0.25) is 0 Å². The molecule has 0 aromatic heterocycles. The van der Waals surface area contributed by atoms with Gasteiger partial charge < -0.3 is 10.2 Å². The molecule has 3 nitrogen and oxygen atoms in total. The summed E-state index contributed by atoms with van der Waals surface area (Å²) in [4.78, 5) is 2.35. The summed E-state index contributed by atoms with van der Waals surface area (Å²) in [6.07, 6.45) is 3.95. The molecule has 0 radical (unpaired) electrons. The lowest BCUT2D eigenvalue weighted by Crippen LogP contribution is -2.42. The van der Waals surface area contributed by atoms with Crippen LogP contribution in [0.4, 0.5) is 0 Å². The van der Waals surface area contributed by atoms with Gasteiger partial charge in [0.2, 0.25) is 0 Å². The van der Waals surface area contributed by atoms with Crippen LogP contribution in [0.5, 0.6) is 0 Å².